The summed E-state index contributed by atoms with van der Waals surface area (Å²) in [6.45, 7) is 15.7. The molecule has 8 heteroatoms. The highest BCUT2D eigenvalue weighted by atomic mass is 16.6. The molecule has 0 radical (unpaired) electrons. The van der Waals surface area contributed by atoms with Crippen LogP contribution in [-0.4, -0.2) is 51.6 Å². The Morgan fingerprint density at radius 3 is 1.35 bits per heavy atom. The molecular formula is C26H38N4O4. The molecule has 0 heterocycles. The van der Waals surface area contributed by atoms with Gasteiger partial charge in [0.25, 0.3) is 0 Å². The van der Waals surface area contributed by atoms with Gasteiger partial charge in [0, 0.05) is 48.9 Å². The molecule has 2 amide bonds. The Morgan fingerprint density at radius 1 is 0.676 bits per heavy atom. The largest absolute Gasteiger partial charge is 0.446 e. The highest BCUT2D eigenvalue weighted by Crippen LogP contribution is 2.27. The summed E-state index contributed by atoms with van der Waals surface area (Å²) in [6.07, 6.45) is -1.18. The van der Waals surface area contributed by atoms with Crippen LogP contribution in [0.4, 0.5) is 32.3 Å². The molecule has 0 saturated carbocycles. The van der Waals surface area contributed by atoms with E-state index in [0.29, 0.717) is 11.4 Å². The minimum Gasteiger partial charge on any atom is -0.446 e. The van der Waals surface area contributed by atoms with Crippen LogP contribution < -0.4 is 20.4 Å². The zero-order chi connectivity index (χ0) is 25.1. The van der Waals surface area contributed by atoms with Gasteiger partial charge in [0.15, 0.2) is 0 Å². The van der Waals surface area contributed by atoms with Crippen LogP contribution in [0.5, 0.6) is 0 Å². The number of nitrogens with one attached hydrogen (secondary N) is 2. The lowest BCUT2D eigenvalue weighted by Gasteiger charge is -2.24. The fourth-order valence-electron chi connectivity index (χ4n) is 3.89. The van der Waals surface area contributed by atoms with Crippen molar-refractivity contribution in [3.63, 3.8) is 0 Å². The van der Waals surface area contributed by atoms with Gasteiger partial charge in [-0.15, -0.1) is 0 Å². The summed E-state index contributed by atoms with van der Waals surface area (Å²) in [5.74, 6) is 0. The second-order valence-electron chi connectivity index (χ2n) is 7.77. The number of hydrogen-bond donors (Lipinski definition) is 2. The van der Waals surface area contributed by atoms with Crippen LogP contribution >= 0.6 is 0 Å². The number of ether oxygens (including phenoxy) is 2. The van der Waals surface area contributed by atoms with Crippen molar-refractivity contribution in [2.24, 2.45) is 0 Å². The molecule has 2 N–H and O–H groups in total. The lowest BCUT2D eigenvalue weighted by atomic mass is 10.1. The van der Waals surface area contributed by atoms with Gasteiger partial charge in [0.2, 0.25) is 0 Å². The summed E-state index contributed by atoms with van der Waals surface area (Å²) in [6, 6.07) is 11.5. The second kappa shape index (κ2) is 13.3. The standard InChI is InChI=1S/C26H38N4O4/c1-7-29(8-2)23-15-11-13-21(19(23)5)27-25(31)33-17-18-34-26(32)28-22-14-12-16-24(20(22)6)30(9-3)10-4/h11-16H,7-10,17-18H2,1-6H3,(H,27,31)(H,28,32). The Morgan fingerprint density at radius 2 is 1.03 bits per heavy atom. The summed E-state index contributed by atoms with van der Waals surface area (Å²) in [7, 11) is 0. The molecule has 2 aromatic rings. The molecule has 0 aromatic heterocycles. The maximum Gasteiger partial charge on any atom is 0.411 e. The number of carbonyl (C=O) groups is 2. The third-order valence-corrected chi connectivity index (χ3v) is 5.84. The van der Waals surface area contributed by atoms with Crippen LogP contribution in [-0.2, 0) is 9.47 Å². The van der Waals surface area contributed by atoms with Gasteiger partial charge in [-0.1, -0.05) is 12.1 Å². The SMILES string of the molecule is CCN(CC)c1cccc(NC(=O)OCCOC(=O)Nc2cccc(N(CC)CC)c2C)c1C. The van der Waals surface area contributed by atoms with Crippen molar-refractivity contribution in [3.05, 3.63) is 47.5 Å². The quantitative estimate of drug-likeness (QED) is 0.404. The minimum atomic E-state index is -0.591. The van der Waals surface area contributed by atoms with Gasteiger partial charge >= 0.3 is 12.2 Å². The van der Waals surface area contributed by atoms with Crippen molar-refractivity contribution in [2.75, 3.05) is 59.8 Å². The van der Waals surface area contributed by atoms with Gasteiger partial charge in [-0.3, -0.25) is 10.6 Å². The molecule has 0 saturated heterocycles. The Labute approximate surface area is 203 Å². The van der Waals surface area contributed by atoms with Crippen LogP contribution in [0, 0.1) is 13.8 Å². The van der Waals surface area contributed by atoms with Crippen molar-refractivity contribution < 1.29 is 19.1 Å². The van der Waals surface area contributed by atoms with Crippen molar-refractivity contribution >= 4 is 34.9 Å². The smallest absolute Gasteiger partial charge is 0.411 e. The summed E-state index contributed by atoms with van der Waals surface area (Å²) in [4.78, 5) is 28.9. The van der Waals surface area contributed by atoms with E-state index in [4.69, 9.17) is 9.47 Å². The minimum absolute atomic E-state index is 0.0491. The van der Waals surface area contributed by atoms with Gasteiger partial charge < -0.3 is 19.3 Å². The number of carbonyl (C=O) groups excluding carboxylic acids is 2. The third kappa shape index (κ3) is 7.04. The van der Waals surface area contributed by atoms with E-state index in [1.165, 1.54) is 0 Å². The first-order chi connectivity index (χ1) is 16.4. The number of anilines is 4. The zero-order valence-electron chi connectivity index (χ0n) is 21.2. The molecule has 0 bridgehead atoms. The van der Waals surface area contributed by atoms with E-state index < -0.39 is 12.2 Å². The van der Waals surface area contributed by atoms with Gasteiger partial charge in [0.1, 0.15) is 13.2 Å². The maximum atomic E-state index is 12.2. The second-order valence-corrected chi connectivity index (χ2v) is 7.77. The molecule has 0 atom stereocenters. The summed E-state index contributed by atoms with van der Waals surface area (Å²) < 4.78 is 10.4. The van der Waals surface area contributed by atoms with Crippen LogP contribution in [0.15, 0.2) is 36.4 Å². The molecule has 8 nitrogen and oxygen atoms in total. The fourth-order valence-corrected chi connectivity index (χ4v) is 3.89. The molecule has 0 fully saturated rings. The molecule has 0 aliphatic heterocycles. The van der Waals surface area contributed by atoms with Crippen LogP contribution in [0.2, 0.25) is 0 Å². The molecule has 34 heavy (non-hydrogen) atoms. The zero-order valence-corrected chi connectivity index (χ0v) is 21.2. The number of nitrogens with zero attached hydrogens (tertiary/aromatic N) is 2. The maximum absolute atomic E-state index is 12.2. The normalized spacial score (nSPS) is 10.4. The van der Waals surface area contributed by atoms with E-state index in [1.807, 2.05) is 50.2 Å². The summed E-state index contributed by atoms with van der Waals surface area (Å²) in [5, 5.41) is 5.54. The molecule has 0 aliphatic carbocycles. The van der Waals surface area contributed by atoms with E-state index in [-0.39, 0.29) is 13.2 Å². The highest BCUT2D eigenvalue weighted by molar-refractivity contribution is 5.88. The molecular weight excluding hydrogens is 432 g/mol. The monoisotopic (exact) mass is 470 g/mol. The Bertz CT molecular complexity index is 878. The molecule has 2 rings (SSSR count). The topological polar surface area (TPSA) is 83.1 Å². The van der Waals surface area contributed by atoms with Crippen LogP contribution in [0.3, 0.4) is 0 Å². The molecule has 186 valence electrons. The number of benzene rings is 2. The van der Waals surface area contributed by atoms with Crippen molar-refractivity contribution in [2.45, 2.75) is 41.5 Å². The molecule has 0 spiro atoms. The van der Waals surface area contributed by atoms with Crippen LogP contribution in [0.1, 0.15) is 38.8 Å². The Balaban J connectivity index is 1.83. The van der Waals surface area contributed by atoms with Crippen molar-refractivity contribution in [1.29, 1.82) is 0 Å². The van der Waals surface area contributed by atoms with Crippen LogP contribution in [0.25, 0.3) is 0 Å². The highest BCUT2D eigenvalue weighted by Gasteiger charge is 2.13. The van der Waals surface area contributed by atoms with Gasteiger partial charge in [-0.05, 0) is 76.9 Å². The molecule has 2 aromatic carbocycles. The Kier molecular flexibility index (Phi) is 10.5. The third-order valence-electron chi connectivity index (χ3n) is 5.84. The number of amides is 2. The van der Waals surface area contributed by atoms with Gasteiger partial charge in [-0.25, -0.2) is 9.59 Å². The van der Waals surface area contributed by atoms with E-state index in [0.717, 1.165) is 48.7 Å². The first-order valence-electron chi connectivity index (χ1n) is 11.9. The predicted molar refractivity (Wildman–Crippen MR) is 139 cm³/mol. The van der Waals surface area contributed by atoms with Gasteiger partial charge in [0.05, 0.1) is 0 Å². The van der Waals surface area contributed by atoms with E-state index in [9.17, 15) is 9.59 Å². The van der Waals surface area contributed by atoms with E-state index in [1.54, 1.807) is 0 Å². The van der Waals surface area contributed by atoms with E-state index in [2.05, 4.69) is 48.1 Å². The Hall–Kier alpha value is -3.42. The lowest BCUT2D eigenvalue weighted by molar-refractivity contribution is 0.110. The van der Waals surface area contributed by atoms with Crippen molar-refractivity contribution in [1.82, 2.24) is 0 Å². The lowest BCUT2D eigenvalue weighted by Crippen LogP contribution is -2.24. The molecule has 0 unspecified atom stereocenters. The predicted octanol–water partition coefficient (Wildman–Crippen LogP) is 5.79. The average molecular weight is 471 g/mol. The average Bonchev–Trinajstić information content (AvgIpc) is 2.83. The van der Waals surface area contributed by atoms with E-state index >= 15 is 0 Å². The number of rotatable bonds is 11. The van der Waals surface area contributed by atoms with Gasteiger partial charge in [-0.2, -0.15) is 0 Å². The summed E-state index contributed by atoms with van der Waals surface area (Å²) >= 11 is 0. The number of hydrogen-bond acceptors (Lipinski definition) is 6. The van der Waals surface area contributed by atoms with Crippen molar-refractivity contribution in [3.8, 4) is 0 Å². The summed E-state index contributed by atoms with van der Waals surface area (Å²) in [5.41, 5.74) is 5.47. The first kappa shape index (κ1) is 26.8. The molecule has 0 aliphatic rings. The fraction of sp³-hybridized carbons (Fsp3) is 0.462. The first-order valence-corrected chi connectivity index (χ1v) is 11.9.